The molecule has 1 rings (SSSR count). The molecular weight excluding hydrogens is 285 g/mol. The summed E-state index contributed by atoms with van der Waals surface area (Å²) in [7, 11) is 1.52. The summed E-state index contributed by atoms with van der Waals surface area (Å²) in [6, 6.07) is 4.94. The number of benzene rings is 1. The molecule has 0 radical (unpaired) electrons. The molecule has 0 aromatic heterocycles. The summed E-state index contributed by atoms with van der Waals surface area (Å²) in [5.74, 6) is 0.769. The molecule has 1 atom stereocenters. The molecule has 0 fully saturated rings. The second-order valence-electron chi connectivity index (χ2n) is 4.78. The molecule has 0 spiro atoms. The molecule has 1 aromatic rings. The summed E-state index contributed by atoms with van der Waals surface area (Å²) in [5, 5.41) is 3.22. The SMILES string of the molecule is COc1ccc(Cl)cc1C(=O)NCC(Cl)CC(C)C. The lowest BCUT2D eigenvalue weighted by Gasteiger charge is -2.14. The Labute approximate surface area is 124 Å². The van der Waals surface area contributed by atoms with Crippen LogP contribution in [0.5, 0.6) is 5.75 Å². The molecule has 0 aliphatic carbocycles. The molecule has 5 heteroatoms. The van der Waals surface area contributed by atoms with Crippen LogP contribution in [0, 0.1) is 5.92 Å². The van der Waals surface area contributed by atoms with Gasteiger partial charge in [0.1, 0.15) is 5.75 Å². The van der Waals surface area contributed by atoms with E-state index in [2.05, 4.69) is 19.2 Å². The molecule has 0 aliphatic heterocycles. The van der Waals surface area contributed by atoms with E-state index in [-0.39, 0.29) is 11.3 Å². The third kappa shape index (κ3) is 5.29. The van der Waals surface area contributed by atoms with E-state index in [1.54, 1.807) is 18.2 Å². The lowest BCUT2D eigenvalue weighted by molar-refractivity contribution is 0.0950. The first-order valence-corrected chi connectivity index (χ1v) is 7.01. The van der Waals surface area contributed by atoms with Crippen molar-refractivity contribution in [3.05, 3.63) is 28.8 Å². The Morgan fingerprint density at radius 2 is 2.11 bits per heavy atom. The van der Waals surface area contributed by atoms with Gasteiger partial charge in [-0.1, -0.05) is 25.4 Å². The number of nitrogens with one attached hydrogen (secondary N) is 1. The van der Waals surface area contributed by atoms with Gasteiger partial charge in [-0.3, -0.25) is 4.79 Å². The highest BCUT2D eigenvalue weighted by molar-refractivity contribution is 6.31. The van der Waals surface area contributed by atoms with E-state index in [1.807, 2.05) is 0 Å². The zero-order chi connectivity index (χ0) is 14.4. The predicted molar refractivity (Wildman–Crippen MR) is 79.4 cm³/mol. The number of ether oxygens (including phenoxy) is 1. The summed E-state index contributed by atoms with van der Waals surface area (Å²) in [4.78, 5) is 12.1. The molecule has 1 unspecified atom stereocenters. The average Bonchev–Trinajstić information content (AvgIpc) is 2.35. The van der Waals surface area contributed by atoms with E-state index in [0.717, 1.165) is 6.42 Å². The summed E-state index contributed by atoms with van der Waals surface area (Å²) in [5.41, 5.74) is 0.420. The third-order valence-electron chi connectivity index (χ3n) is 2.62. The third-order valence-corrected chi connectivity index (χ3v) is 3.18. The topological polar surface area (TPSA) is 38.3 Å². The molecular formula is C14H19Cl2NO2. The van der Waals surface area contributed by atoms with Crippen LogP contribution in [0.1, 0.15) is 30.6 Å². The Kier molecular flexibility index (Phi) is 6.46. The van der Waals surface area contributed by atoms with Gasteiger partial charge in [-0.05, 0) is 30.5 Å². The smallest absolute Gasteiger partial charge is 0.255 e. The van der Waals surface area contributed by atoms with E-state index in [1.165, 1.54) is 7.11 Å². The number of hydrogen-bond donors (Lipinski definition) is 1. The van der Waals surface area contributed by atoms with Crippen molar-refractivity contribution in [2.24, 2.45) is 5.92 Å². The maximum absolute atomic E-state index is 12.1. The zero-order valence-corrected chi connectivity index (χ0v) is 12.9. The quantitative estimate of drug-likeness (QED) is 0.813. The first-order valence-electron chi connectivity index (χ1n) is 6.19. The van der Waals surface area contributed by atoms with Gasteiger partial charge in [-0.15, -0.1) is 11.6 Å². The van der Waals surface area contributed by atoms with Gasteiger partial charge in [0, 0.05) is 11.6 Å². The van der Waals surface area contributed by atoms with Gasteiger partial charge in [-0.25, -0.2) is 0 Å². The van der Waals surface area contributed by atoms with E-state index >= 15 is 0 Å². The minimum absolute atomic E-state index is 0.0749. The summed E-state index contributed by atoms with van der Waals surface area (Å²) >= 11 is 12.0. The highest BCUT2D eigenvalue weighted by Gasteiger charge is 2.14. The van der Waals surface area contributed by atoms with Crippen molar-refractivity contribution in [2.75, 3.05) is 13.7 Å². The van der Waals surface area contributed by atoms with E-state index in [4.69, 9.17) is 27.9 Å². The van der Waals surface area contributed by atoms with E-state index < -0.39 is 0 Å². The highest BCUT2D eigenvalue weighted by atomic mass is 35.5. The summed E-state index contributed by atoms with van der Waals surface area (Å²) in [6.45, 7) is 4.61. The van der Waals surface area contributed by atoms with Crippen molar-refractivity contribution in [2.45, 2.75) is 25.6 Å². The standard InChI is InChI=1S/C14H19Cl2NO2/c1-9(2)6-11(16)8-17-14(18)12-7-10(15)4-5-13(12)19-3/h4-5,7,9,11H,6,8H2,1-3H3,(H,17,18). The number of methoxy groups -OCH3 is 1. The minimum atomic E-state index is -0.228. The lowest BCUT2D eigenvalue weighted by atomic mass is 10.1. The number of alkyl halides is 1. The number of hydrogen-bond acceptors (Lipinski definition) is 2. The van der Waals surface area contributed by atoms with Gasteiger partial charge in [0.05, 0.1) is 18.1 Å². The molecule has 106 valence electrons. The monoisotopic (exact) mass is 303 g/mol. The van der Waals surface area contributed by atoms with Gasteiger partial charge in [0.15, 0.2) is 0 Å². The van der Waals surface area contributed by atoms with Crippen molar-refractivity contribution >= 4 is 29.1 Å². The van der Waals surface area contributed by atoms with Crippen LogP contribution in [0.2, 0.25) is 5.02 Å². The molecule has 1 amide bonds. The maximum atomic E-state index is 12.1. The van der Waals surface area contributed by atoms with E-state index in [9.17, 15) is 4.79 Å². The molecule has 1 N–H and O–H groups in total. The van der Waals surface area contributed by atoms with Crippen LogP contribution in [0.15, 0.2) is 18.2 Å². The fourth-order valence-electron chi connectivity index (χ4n) is 1.75. The molecule has 0 saturated carbocycles. The van der Waals surface area contributed by atoms with Gasteiger partial charge in [-0.2, -0.15) is 0 Å². The Morgan fingerprint density at radius 3 is 2.68 bits per heavy atom. The van der Waals surface area contributed by atoms with Crippen LogP contribution in [0.4, 0.5) is 0 Å². The van der Waals surface area contributed by atoms with Crippen LogP contribution >= 0.6 is 23.2 Å². The van der Waals surface area contributed by atoms with Crippen molar-refractivity contribution in [1.82, 2.24) is 5.32 Å². The van der Waals surface area contributed by atoms with Crippen LogP contribution in [0.3, 0.4) is 0 Å². The number of rotatable bonds is 6. The van der Waals surface area contributed by atoms with Crippen LogP contribution < -0.4 is 10.1 Å². The van der Waals surface area contributed by atoms with Crippen LogP contribution in [-0.4, -0.2) is 24.9 Å². The molecule has 19 heavy (non-hydrogen) atoms. The molecule has 0 saturated heterocycles. The fraction of sp³-hybridized carbons (Fsp3) is 0.500. The number of amides is 1. The number of halogens is 2. The number of carbonyl (C=O) groups is 1. The Hall–Kier alpha value is -0.930. The largest absolute Gasteiger partial charge is 0.496 e. The van der Waals surface area contributed by atoms with Crippen molar-refractivity contribution in [3.8, 4) is 5.75 Å². The van der Waals surface area contributed by atoms with E-state index in [0.29, 0.717) is 28.8 Å². The van der Waals surface area contributed by atoms with Gasteiger partial charge in [0.2, 0.25) is 0 Å². The average molecular weight is 304 g/mol. The predicted octanol–water partition coefficient (Wildman–Crippen LogP) is 3.73. The fourth-order valence-corrected chi connectivity index (χ4v) is 2.36. The van der Waals surface area contributed by atoms with Gasteiger partial charge >= 0.3 is 0 Å². The van der Waals surface area contributed by atoms with Gasteiger partial charge in [0.25, 0.3) is 5.91 Å². The molecule has 0 heterocycles. The maximum Gasteiger partial charge on any atom is 0.255 e. The second kappa shape index (κ2) is 7.61. The molecule has 1 aromatic carbocycles. The Bertz CT molecular complexity index is 435. The van der Waals surface area contributed by atoms with Crippen LogP contribution in [-0.2, 0) is 0 Å². The Morgan fingerprint density at radius 1 is 1.42 bits per heavy atom. The first-order chi connectivity index (χ1) is 8.93. The minimum Gasteiger partial charge on any atom is -0.496 e. The first kappa shape index (κ1) is 16.1. The molecule has 0 bridgehead atoms. The molecule has 0 aliphatic rings. The normalized spacial score (nSPS) is 12.3. The Balaban J connectivity index is 2.65. The van der Waals surface area contributed by atoms with Crippen molar-refractivity contribution in [3.63, 3.8) is 0 Å². The number of carbonyl (C=O) groups excluding carboxylic acids is 1. The van der Waals surface area contributed by atoms with Gasteiger partial charge < -0.3 is 10.1 Å². The molecule has 3 nitrogen and oxygen atoms in total. The zero-order valence-electron chi connectivity index (χ0n) is 11.4. The highest BCUT2D eigenvalue weighted by Crippen LogP contribution is 2.22. The summed E-state index contributed by atoms with van der Waals surface area (Å²) < 4.78 is 5.14. The second-order valence-corrected chi connectivity index (χ2v) is 5.84. The van der Waals surface area contributed by atoms with Crippen molar-refractivity contribution in [1.29, 1.82) is 0 Å². The van der Waals surface area contributed by atoms with Crippen LogP contribution in [0.25, 0.3) is 0 Å². The van der Waals surface area contributed by atoms with Crippen molar-refractivity contribution < 1.29 is 9.53 Å². The summed E-state index contributed by atoms with van der Waals surface area (Å²) in [6.07, 6.45) is 0.856. The lowest BCUT2D eigenvalue weighted by Crippen LogP contribution is -2.30.